The highest BCUT2D eigenvalue weighted by Crippen LogP contribution is 2.28. The molecule has 0 radical (unpaired) electrons. The molecule has 2 N–H and O–H groups in total. The molecule has 0 saturated heterocycles. The third-order valence-electron chi connectivity index (χ3n) is 2.66. The van der Waals surface area contributed by atoms with Crippen molar-refractivity contribution in [3.8, 4) is 5.75 Å². The summed E-state index contributed by atoms with van der Waals surface area (Å²) in [6, 6.07) is 2.73. The zero-order valence-electron chi connectivity index (χ0n) is 10.3. The molecule has 104 valence electrons. The van der Waals surface area contributed by atoms with Gasteiger partial charge >= 0.3 is 11.7 Å². The minimum Gasteiger partial charge on any atom is -0.484 e. The molecule has 8 heteroatoms. The molecule has 0 fully saturated rings. The van der Waals surface area contributed by atoms with Crippen LogP contribution in [0.1, 0.15) is 6.92 Å². The lowest BCUT2D eigenvalue weighted by Crippen LogP contribution is -2.52. The number of carboxylic acids is 1. The highest BCUT2D eigenvalue weighted by Gasteiger charge is 2.33. The number of nitrogens with one attached hydrogen (secondary N) is 1. The Morgan fingerprint density at radius 2 is 2.26 bits per heavy atom. The van der Waals surface area contributed by atoms with Gasteiger partial charge in [-0.2, -0.15) is 0 Å². The number of halogens is 1. The van der Waals surface area contributed by atoms with E-state index in [4.69, 9.17) is 9.84 Å². The number of carbonyl (C=O) groups is 1. The van der Waals surface area contributed by atoms with E-state index in [1.54, 1.807) is 0 Å². The SMILES string of the molecule is CNC(C)(COc1cc(F)ccc1[N+](=O)[O-])C(=O)O. The van der Waals surface area contributed by atoms with Crippen molar-refractivity contribution < 1.29 is 24.0 Å². The summed E-state index contributed by atoms with van der Waals surface area (Å²) in [5, 5.41) is 22.2. The molecule has 0 bridgehead atoms. The Morgan fingerprint density at radius 1 is 1.63 bits per heavy atom. The molecule has 7 nitrogen and oxygen atoms in total. The average molecular weight is 272 g/mol. The minimum absolute atomic E-state index is 0.312. The number of nitro groups is 1. The van der Waals surface area contributed by atoms with Crippen molar-refractivity contribution in [2.24, 2.45) is 0 Å². The Bertz CT molecular complexity index is 508. The number of benzene rings is 1. The second kappa shape index (κ2) is 5.61. The van der Waals surface area contributed by atoms with Gasteiger partial charge in [0.1, 0.15) is 18.0 Å². The number of nitrogens with zero attached hydrogens (tertiary/aromatic N) is 1. The molecule has 1 unspecified atom stereocenters. The van der Waals surface area contributed by atoms with Gasteiger partial charge < -0.3 is 15.2 Å². The molecule has 1 rings (SSSR count). The molecular weight excluding hydrogens is 259 g/mol. The first-order valence-corrected chi connectivity index (χ1v) is 5.29. The van der Waals surface area contributed by atoms with Gasteiger partial charge in [-0.25, -0.2) is 4.39 Å². The lowest BCUT2D eigenvalue weighted by atomic mass is 10.1. The van der Waals surface area contributed by atoms with Crippen LogP contribution in [-0.2, 0) is 4.79 Å². The van der Waals surface area contributed by atoms with Gasteiger partial charge in [0.2, 0.25) is 0 Å². The van der Waals surface area contributed by atoms with E-state index in [1.807, 2.05) is 0 Å². The van der Waals surface area contributed by atoms with Gasteiger partial charge in [0.15, 0.2) is 5.75 Å². The number of hydrogen-bond acceptors (Lipinski definition) is 5. The first-order chi connectivity index (χ1) is 8.80. The van der Waals surface area contributed by atoms with Crippen LogP contribution in [0.25, 0.3) is 0 Å². The molecule has 19 heavy (non-hydrogen) atoms. The first-order valence-electron chi connectivity index (χ1n) is 5.29. The van der Waals surface area contributed by atoms with E-state index in [0.29, 0.717) is 0 Å². The third-order valence-corrected chi connectivity index (χ3v) is 2.66. The molecule has 0 saturated carbocycles. The predicted molar refractivity (Wildman–Crippen MR) is 63.6 cm³/mol. The van der Waals surface area contributed by atoms with Crippen molar-refractivity contribution in [2.75, 3.05) is 13.7 Å². The van der Waals surface area contributed by atoms with Crippen molar-refractivity contribution in [1.82, 2.24) is 5.32 Å². The van der Waals surface area contributed by atoms with Crippen LogP contribution < -0.4 is 10.1 Å². The van der Waals surface area contributed by atoms with Crippen LogP contribution in [0.4, 0.5) is 10.1 Å². The van der Waals surface area contributed by atoms with Crippen LogP contribution in [0.5, 0.6) is 5.75 Å². The Labute approximate surface area is 108 Å². The second-order valence-corrected chi connectivity index (χ2v) is 4.05. The van der Waals surface area contributed by atoms with Crippen LogP contribution in [0.3, 0.4) is 0 Å². The largest absolute Gasteiger partial charge is 0.484 e. The summed E-state index contributed by atoms with van der Waals surface area (Å²) in [6.45, 7) is 0.962. The van der Waals surface area contributed by atoms with Crippen molar-refractivity contribution in [1.29, 1.82) is 0 Å². The molecule has 0 amide bonds. The van der Waals surface area contributed by atoms with Crippen LogP contribution in [0.15, 0.2) is 18.2 Å². The smallest absolute Gasteiger partial charge is 0.327 e. The normalized spacial score (nSPS) is 13.6. The summed E-state index contributed by atoms with van der Waals surface area (Å²) in [6.07, 6.45) is 0. The maximum atomic E-state index is 13.0. The van der Waals surface area contributed by atoms with Crippen molar-refractivity contribution in [2.45, 2.75) is 12.5 Å². The van der Waals surface area contributed by atoms with E-state index >= 15 is 0 Å². The summed E-state index contributed by atoms with van der Waals surface area (Å²) in [5.74, 6) is -2.20. The molecule has 1 aromatic rings. The van der Waals surface area contributed by atoms with Gasteiger partial charge in [0.05, 0.1) is 4.92 Å². The van der Waals surface area contributed by atoms with Crippen LogP contribution in [0.2, 0.25) is 0 Å². The van der Waals surface area contributed by atoms with Crippen LogP contribution >= 0.6 is 0 Å². The van der Waals surface area contributed by atoms with Crippen LogP contribution in [0, 0.1) is 15.9 Å². The highest BCUT2D eigenvalue weighted by molar-refractivity contribution is 5.78. The summed E-state index contributed by atoms with van der Waals surface area (Å²) in [7, 11) is 1.41. The van der Waals surface area contributed by atoms with E-state index in [1.165, 1.54) is 14.0 Å². The molecule has 0 spiro atoms. The first kappa shape index (κ1) is 14.8. The number of nitro benzene ring substituents is 1. The molecule has 0 aliphatic carbocycles. The monoisotopic (exact) mass is 272 g/mol. The number of rotatable bonds is 6. The molecule has 0 aliphatic heterocycles. The second-order valence-electron chi connectivity index (χ2n) is 4.05. The molecular formula is C11H13FN2O5. The maximum absolute atomic E-state index is 13.0. The number of aliphatic carboxylic acids is 1. The quantitative estimate of drug-likeness (QED) is 0.595. The fourth-order valence-corrected chi connectivity index (χ4v) is 1.22. The van der Waals surface area contributed by atoms with Crippen LogP contribution in [-0.4, -0.2) is 35.2 Å². The summed E-state index contributed by atoms with van der Waals surface area (Å²) >= 11 is 0. The molecule has 1 aromatic carbocycles. The topological polar surface area (TPSA) is 102 Å². The fourth-order valence-electron chi connectivity index (χ4n) is 1.22. The predicted octanol–water partition coefficient (Wildman–Crippen LogP) is 1.18. The minimum atomic E-state index is -1.43. The maximum Gasteiger partial charge on any atom is 0.327 e. The third kappa shape index (κ3) is 3.38. The molecule has 1 atom stereocenters. The van der Waals surface area contributed by atoms with E-state index in [2.05, 4.69) is 5.32 Å². The summed E-state index contributed by atoms with van der Waals surface area (Å²) < 4.78 is 18.1. The number of carboxylic acid groups (broad SMARTS) is 1. The molecule has 0 aliphatic rings. The van der Waals surface area contributed by atoms with Gasteiger partial charge in [0.25, 0.3) is 0 Å². The van der Waals surface area contributed by atoms with E-state index in [-0.39, 0.29) is 12.4 Å². The zero-order valence-corrected chi connectivity index (χ0v) is 10.3. The molecule has 0 aromatic heterocycles. The number of ether oxygens (including phenoxy) is 1. The number of likely N-dealkylation sites (N-methyl/N-ethyl adjacent to an activating group) is 1. The highest BCUT2D eigenvalue weighted by atomic mass is 19.1. The zero-order chi connectivity index (χ0) is 14.6. The Hall–Kier alpha value is -2.22. The number of hydrogen-bond donors (Lipinski definition) is 2. The van der Waals surface area contributed by atoms with Crippen molar-refractivity contribution in [3.05, 3.63) is 34.1 Å². The van der Waals surface area contributed by atoms with E-state index in [9.17, 15) is 19.3 Å². The van der Waals surface area contributed by atoms with Crippen molar-refractivity contribution >= 4 is 11.7 Å². The van der Waals surface area contributed by atoms with E-state index < -0.39 is 27.9 Å². The van der Waals surface area contributed by atoms with Gasteiger partial charge in [0, 0.05) is 12.1 Å². The van der Waals surface area contributed by atoms with Gasteiger partial charge in [-0.05, 0) is 20.0 Å². The van der Waals surface area contributed by atoms with Gasteiger partial charge in [-0.3, -0.25) is 14.9 Å². The standard InChI is InChI=1S/C11H13FN2O5/c1-11(13-2,10(15)16)6-19-9-5-7(12)3-4-8(9)14(17)18/h3-5,13H,6H2,1-2H3,(H,15,16). The Balaban J connectivity index is 2.97. The lowest BCUT2D eigenvalue weighted by Gasteiger charge is -2.23. The Kier molecular flexibility index (Phi) is 4.38. The average Bonchev–Trinajstić information content (AvgIpc) is 2.35. The fraction of sp³-hybridized carbons (Fsp3) is 0.364. The van der Waals surface area contributed by atoms with E-state index in [0.717, 1.165) is 18.2 Å². The van der Waals surface area contributed by atoms with Crippen molar-refractivity contribution in [3.63, 3.8) is 0 Å². The summed E-state index contributed by atoms with van der Waals surface area (Å²) in [5.41, 5.74) is -1.86. The van der Waals surface area contributed by atoms with Gasteiger partial charge in [-0.15, -0.1) is 0 Å². The van der Waals surface area contributed by atoms with Gasteiger partial charge in [-0.1, -0.05) is 0 Å². The lowest BCUT2D eigenvalue weighted by molar-refractivity contribution is -0.386. The summed E-state index contributed by atoms with van der Waals surface area (Å²) in [4.78, 5) is 21.0. The molecule has 0 heterocycles. The Morgan fingerprint density at radius 3 is 2.74 bits per heavy atom.